The molecule has 1 saturated carbocycles. The number of amides is 2. The van der Waals surface area contributed by atoms with Crippen LogP contribution < -0.4 is 5.32 Å². The molecule has 4 rings (SSSR count). The highest BCUT2D eigenvalue weighted by molar-refractivity contribution is 7.10. The number of carbonyl (C=O) groups is 2. The summed E-state index contributed by atoms with van der Waals surface area (Å²) in [6.07, 6.45) is 6.57. The van der Waals surface area contributed by atoms with Gasteiger partial charge in [0.25, 0.3) is 5.91 Å². The molecular formula is C27H37N3O2S. The van der Waals surface area contributed by atoms with Gasteiger partial charge in [-0.15, -0.1) is 11.3 Å². The Morgan fingerprint density at radius 1 is 1.06 bits per heavy atom. The van der Waals surface area contributed by atoms with Gasteiger partial charge in [0, 0.05) is 29.6 Å². The van der Waals surface area contributed by atoms with Crippen molar-refractivity contribution in [3.05, 3.63) is 57.8 Å². The fourth-order valence-corrected chi connectivity index (χ4v) is 6.46. The van der Waals surface area contributed by atoms with E-state index >= 15 is 0 Å². The number of fused-ring (bicyclic) bond motifs is 1. The van der Waals surface area contributed by atoms with Crippen molar-refractivity contribution in [1.29, 1.82) is 0 Å². The highest BCUT2D eigenvalue weighted by atomic mass is 32.1. The Hall–Kier alpha value is -2.18. The molecule has 0 unspecified atom stereocenters. The molecule has 0 saturated heterocycles. The predicted molar refractivity (Wildman–Crippen MR) is 135 cm³/mol. The molecule has 2 aromatic rings. The minimum Gasteiger partial charge on any atom is -0.354 e. The number of nitrogens with zero attached hydrogens (tertiary/aromatic N) is 2. The molecule has 1 aromatic carbocycles. The smallest absolute Gasteiger partial charge is 0.254 e. The minimum atomic E-state index is -0.385. The number of carbonyl (C=O) groups excluding carboxylic acids is 2. The van der Waals surface area contributed by atoms with E-state index in [1.54, 1.807) is 11.3 Å². The average molecular weight is 468 g/mol. The summed E-state index contributed by atoms with van der Waals surface area (Å²) in [5.41, 5.74) is 1.56. The molecule has 1 aliphatic carbocycles. The van der Waals surface area contributed by atoms with E-state index < -0.39 is 0 Å². The summed E-state index contributed by atoms with van der Waals surface area (Å²) in [6, 6.07) is 11.8. The van der Waals surface area contributed by atoms with Gasteiger partial charge in [0.05, 0.1) is 12.0 Å². The molecule has 2 amide bonds. The fourth-order valence-electron chi connectivity index (χ4n) is 5.60. The summed E-state index contributed by atoms with van der Waals surface area (Å²) in [4.78, 5) is 33.1. The first kappa shape index (κ1) is 24.0. The first-order valence-electron chi connectivity index (χ1n) is 12.6. The second-order valence-corrected chi connectivity index (χ2v) is 10.3. The molecule has 5 nitrogen and oxygen atoms in total. The molecule has 1 aromatic heterocycles. The van der Waals surface area contributed by atoms with Gasteiger partial charge in [-0.05, 0) is 61.8 Å². The second-order valence-electron chi connectivity index (χ2n) is 9.31. The molecule has 178 valence electrons. The lowest BCUT2D eigenvalue weighted by Crippen LogP contribution is -2.51. The van der Waals surface area contributed by atoms with Gasteiger partial charge in [0.1, 0.15) is 0 Å². The summed E-state index contributed by atoms with van der Waals surface area (Å²) in [5, 5.41) is 5.30. The van der Waals surface area contributed by atoms with Crippen LogP contribution in [0, 0.1) is 0 Å². The minimum absolute atomic E-state index is 0.0318. The lowest BCUT2D eigenvalue weighted by atomic mass is 9.80. The predicted octanol–water partition coefficient (Wildman–Crippen LogP) is 5.21. The van der Waals surface area contributed by atoms with Crippen molar-refractivity contribution in [2.24, 2.45) is 0 Å². The Morgan fingerprint density at radius 2 is 1.79 bits per heavy atom. The topological polar surface area (TPSA) is 52.7 Å². The Morgan fingerprint density at radius 3 is 2.45 bits per heavy atom. The molecular weight excluding hydrogens is 430 g/mol. The van der Waals surface area contributed by atoms with Gasteiger partial charge < -0.3 is 15.1 Å². The molecule has 2 atom stereocenters. The molecule has 6 heteroatoms. The summed E-state index contributed by atoms with van der Waals surface area (Å²) in [6.45, 7) is 7.99. The summed E-state index contributed by atoms with van der Waals surface area (Å²) in [7, 11) is 0. The van der Waals surface area contributed by atoms with Crippen LogP contribution in [-0.4, -0.2) is 53.8 Å². The Labute approximate surface area is 202 Å². The molecule has 2 aliphatic rings. The third-order valence-corrected chi connectivity index (χ3v) is 7.96. The van der Waals surface area contributed by atoms with Gasteiger partial charge in [0.2, 0.25) is 5.91 Å². The molecule has 0 spiro atoms. The SMILES string of the molecule is CCCN(CCC)CCNC(=O)[C@@H]1c2ccccc2C(=O)N(C2CCCC2)[C@@H]1c1cccs1. The maximum atomic E-state index is 13.8. The van der Waals surface area contributed by atoms with Crippen LogP contribution in [0.15, 0.2) is 41.8 Å². The van der Waals surface area contributed by atoms with Crippen LogP contribution in [0.1, 0.15) is 85.1 Å². The summed E-state index contributed by atoms with van der Waals surface area (Å²) < 4.78 is 0. The summed E-state index contributed by atoms with van der Waals surface area (Å²) >= 11 is 1.65. The third-order valence-electron chi connectivity index (χ3n) is 7.02. The van der Waals surface area contributed by atoms with Crippen molar-refractivity contribution in [2.45, 2.75) is 70.4 Å². The van der Waals surface area contributed by atoms with Crippen LogP contribution in [0.2, 0.25) is 0 Å². The van der Waals surface area contributed by atoms with Gasteiger partial charge in [0.15, 0.2) is 0 Å². The standard InChI is InChI=1S/C27H37N3O2S/c1-3-16-29(17-4-2)18-15-28-26(31)24-21-12-7-8-13-22(21)27(32)30(20-10-5-6-11-20)25(24)23-14-9-19-33-23/h7-9,12-14,19-20,24-25H,3-6,10-11,15-18H2,1-2H3,(H,28,31)/t24-,25-/m1/s1. The molecule has 0 bridgehead atoms. The molecule has 1 fully saturated rings. The first-order chi connectivity index (χ1) is 16.2. The zero-order valence-electron chi connectivity index (χ0n) is 20.0. The van der Waals surface area contributed by atoms with E-state index in [4.69, 9.17) is 0 Å². The van der Waals surface area contributed by atoms with Gasteiger partial charge in [-0.2, -0.15) is 0 Å². The van der Waals surface area contributed by atoms with Crippen LogP contribution >= 0.6 is 11.3 Å². The average Bonchev–Trinajstić information content (AvgIpc) is 3.54. The van der Waals surface area contributed by atoms with E-state index in [-0.39, 0.29) is 29.8 Å². The van der Waals surface area contributed by atoms with Gasteiger partial charge in [-0.1, -0.05) is 51.0 Å². The number of hydrogen-bond donors (Lipinski definition) is 1. The summed E-state index contributed by atoms with van der Waals surface area (Å²) in [5.74, 6) is -0.273. The highest BCUT2D eigenvalue weighted by Crippen LogP contribution is 2.47. The van der Waals surface area contributed by atoms with Gasteiger partial charge in [-0.25, -0.2) is 0 Å². The monoisotopic (exact) mass is 467 g/mol. The zero-order valence-corrected chi connectivity index (χ0v) is 20.8. The van der Waals surface area contributed by atoms with E-state index in [0.717, 1.165) is 68.6 Å². The van der Waals surface area contributed by atoms with E-state index in [1.165, 1.54) is 0 Å². The van der Waals surface area contributed by atoms with E-state index in [9.17, 15) is 9.59 Å². The molecule has 33 heavy (non-hydrogen) atoms. The third kappa shape index (κ3) is 5.17. The maximum absolute atomic E-state index is 13.8. The largest absolute Gasteiger partial charge is 0.354 e. The van der Waals surface area contributed by atoms with Gasteiger partial charge >= 0.3 is 0 Å². The van der Waals surface area contributed by atoms with E-state index in [1.807, 2.05) is 30.3 Å². The number of hydrogen-bond acceptors (Lipinski definition) is 4. The van der Waals surface area contributed by atoms with Crippen molar-refractivity contribution in [3.8, 4) is 0 Å². The lowest BCUT2D eigenvalue weighted by molar-refractivity contribution is -0.124. The molecule has 2 heterocycles. The maximum Gasteiger partial charge on any atom is 0.254 e. The number of benzene rings is 1. The molecule has 1 aliphatic heterocycles. The van der Waals surface area contributed by atoms with Crippen LogP contribution in [0.5, 0.6) is 0 Å². The van der Waals surface area contributed by atoms with Crippen LogP contribution in [0.4, 0.5) is 0 Å². The Kier molecular flexibility index (Phi) is 8.20. The van der Waals surface area contributed by atoms with Crippen molar-refractivity contribution in [2.75, 3.05) is 26.2 Å². The van der Waals surface area contributed by atoms with Crippen molar-refractivity contribution in [1.82, 2.24) is 15.1 Å². The second kappa shape index (κ2) is 11.3. The zero-order chi connectivity index (χ0) is 23.2. The van der Waals surface area contributed by atoms with Crippen molar-refractivity contribution >= 4 is 23.2 Å². The number of nitrogens with one attached hydrogen (secondary N) is 1. The Bertz CT molecular complexity index is 917. The fraction of sp³-hybridized carbons (Fsp3) is 0.556. The Balaban J connectivity index is 1.63. The van der Waals surface area contributed by atoms with E-state index in [2.05, 4.69) is 40.4 Å². The molecule has 1 N–H and O–H groups in total. The molecule has 0 radical (unpaired) electrons. The van der Waals surface area contributed by atoms with Gasteiger partial charge in [-0.3, -0.25) is 9.59 Å². The number of rotatable bonds is 10. The van der Waals surface area contributed by atoms with E-state index in [0.29, 0.717) is 12.1 Å². The quantitative estimate of drug-likeness (QED) is 0.522. The lowest BCUT2D eigenvalue weighted by Gasteiger charge is -2.44. The number of thiophene rings is 1. The van der Waals surface area contributed by atoms with Crippen LogP contribution in [0.3, 0.4) is 0 Å². The van der Waals surface area contributed by atoms with Crippen LogP contribution in [-0.2, 0) is 4.79 Å². The normalized spacial score (nSPS) is 20.9. The van der Waals surface area contributed by atoms with Crippen LogP contribution in [0.25, 0.3) is 0 Å². The van der Waals surface area contributed by atoms with Crippen molar-refractivity contribution < 1.29 is 9.59 Å². The first-order valence-corrected chi connectivity index (χ1v) is 13.5. The van der Waals surface area contributed by atoms with Crippen molar-refractivity contribution in [3.63, 3.8) is 0 Å². The highest BCUT2D eigenvalue weighted by Gasteiger charge is 2.47.